The molecule has 0 aromatic carbocycles. The van der Waals surface area contributed by atoms with Crippen LogP contribution in [-0.4, -0.2) is 19.1 Å². The zero-order valence-electron chi connectivity index (χ0n) is 7.86. The molecule has 0 aliphatic rings. The Hall–Kier alpha value is 0.250. The third-order valence-corrected chi connectivity index (χ3v) is 1.98. The van der Waals surface area contributed by atoms with Crippen molar-refractivity contribution in [2.45, 2.75) is 38.5 Å². The average molecular weight is 192 g/mol. The topological polar surface area (TPSA) is 9.23 Å². The maximum atomic E-state index is 5.52. The minimum absolute atomic E-state index is 0.755. The normalized spacial score (nSPS) is 10.5. The number of unbranched alkanes of at least 4 members (excludes halogenated alkanes) is 4. The van der Waals surface area contributed by atoms with E-state index < -0.39 is 0 Å². The minimum Gasteiger partial charge on any atom is -0.381 e. The number of alkyl halides is 1. The van der Waals surface area contributed by atoms with Gasteiger partial charge < -0.3 is 4.74 Å². The third kappa shape index (κ3) is 10.2. The van der Waals surface area contributed by atoms with Crippen LogP contribution >= 0.6 is 11.6 Å². The fraction of sp³-hybridized carbons (Fsp3) is 0.900. The zero-order chi connectivity index (χ0) is 9.07. The molecule has 0 fully saturated rings. The van der Waals surface area contributed by atoms with E-state index in [9.17, 15) is 0 Å². The molecule has 0 rings (SSSR count). The molecular formula is C10H20ClO. The molecule has 0 atom stereocenters. The molecule has 0 aliphatic heterocycles. The summed E-state index contributed by atoms with van der Waals surface area (Å²) in [6, 6.07) is 0. The largest absolute Gasteiger partial charge is 0.381 e. The van der Waals surface area contributed by atoms with E-state index in [2.05, 4.69) is 6.92 Å². The number of hydrogen-bond donors (Lipinski definition) is 0. The summed E-state index contributed by atoms with van der Waals surface area (Å²) < 4.78 is 5.40. The van der Waals surface area contributed by atoms with Gasteiger partial charge in [0.05, 0.1) is 0 Å². The second kappa shape index (κ2) is 11.2. The van der Waals surface area contributed by atoms with Crippen molar-refractivity contribution in [3.8, 4) is 0 Å². The van der Waals surface area contributed by atoms with E-state index in [1.807, 2.05) is 0 Å². The third-order valence-electron chi connectivity index (χ3n) is 1.71. The van der Waals surface area contributed by atoms with Gasteiger partial charge in [0.2, 0.25) is 0 Å². The number of hydrogen-bond acceptors (Lipinski definition) is 1. The second-order valence-electron chi connectivity index (χ2n) is 2.92. The summed E-state index contributed by atoms with van der Waals surface area (Å²) in [7, 11) is 0. The summed E-state index contributed by atoms with van der Waals surface area (Å²) in [4.78, 5) is 0. The zero-order valence-corrected chi connectivity index (χ0v) is 8.61. The van der Waals surface area contributed by atoms with Gasteiger partial charge in [-0.3, -0.25) is 0 Å². The van der Waals surface area contributed by atoms with Crippen molar-refractivity contribution in [2.75, 3.05) is 19.1 Å². The molecule has 2 heteroatoms. The Balaban J connectivity index is 2.73. The molecule has 0 saturated heterocycles. The van der Waals surface area contributed by atoms with E-state index in [4.69, 9.17) is 16.3 Å². The highest BCUT2D eigenvalue weighted by Gasteiger charge is 1.89. The van der Waals surface area contributed by atoms with E-state index in [0.29, 0.717) is 0 Å². The van der Waals surface area contributed by atoms with E-state index in [0.717, 1.165) is 38.4 Å². The highest BCUT2D eigenvalue weighted by atomic mass is 35.5. The van der Waals surface area contributed by atoms with Gasteiger partial charge in [0.1, 0.15) is 0 Å². The van der Waals surface area contributed by atoms with Gasteiger partial charge in [0.25, 0.3) is 0 Å². The molecule has 0 saturated carbocycles. The molecular weight excluding hydrogens is 172 g/mol. The molecule has 1 radical (unpaired) electrons. The Labute approximate surface area is 81.4 Å². The molecule has 0 aromatic heterocycles. The van der Waals surface area contributed by atoms with Crippen molar-refractivity contribution in [2.24, 2.45) is 0 Å². The van der Waals surface area contributed by atoms with Gasteiger partial charge in [-0.15, -0.1) is 11.6 Å². The van der Waals surface area contributed by atoms with Gasteiger partial charge in [-0.1, -0.05) is 26.2 Å². The van der Waals surface area contributed by atoms with Crippen molar-refractivity contribution in [1.29, 1.82) is 0 Å². The van der Waals surface area contributed by atoms with Crippen LogP contribution in [0, 0.1) is 6.92 Å². The van der Waals surface area contributed by atoms with Gasteiger partial charge in [-0.25, -0.2) is 0 Å². The first-order valence-electron chi connectivity index (χ1n) is 4.84. The molecule has 0 N–H and O–H groups in total. The molecule has 12 heavy (non-hydrogen) atoms. The summed E-state index contributed by atoms with van der Waals surface area (Å²) in [5, 5.41) is 0. The average Bonchev–Trinajstić information content (AvgIpc) is 2.10. The maximum Gasteiger partial charge on any atom is 0.0466 e. The molecule has 0 aromatic rings. The monoisotopic (exact) mass is 191 g/mol. The van der Waals surface area contributed by atoms with Crippen LogP contribution in [0.15, 0.2) is 0 Å². The van der Waals surface area contributed by atoms with Crippen molar-refractivity contribution < 1.29 is 4.74 Å². The summed E-state index contributed by atoms with van der Waals surface area (Å²) in [5.41, 5.74) is 0. The van der Waals surface area contributed by atoms with Crippen LogP contribution in [0.25, 0.3) is 0 Å². The molecule has 0 heterocycles. The van der Waals surface area contributed by atoms with Crippen LogP contribution in [0.5, 0.6) is 0 Å². The van der Waals surface area contributed by atoms with Crippen molar-refractivity contribution in [3.63, 3.8) is 0 Å². The first-order chi connectivity index (χ1) is 5.91. The van der Waals surface area contributed by atoms with Crippen LogP contribution in [0.4, 0.5) is 0 Å². The summed E-state index contributed by atoms with van der Waals surface area (Å²) in [5.74, 6) is 0.755. The number of halogens is 1. The Bertz CT molecular complexity index is 66.2. The van der Waals surface area contributed by atoms with Crippen LogP contribution in [-0.2, 0) is 4.74 Å². The Kier molecular flexibility index (Phi) is 11.5. The molecule has 0 spiro atoms. The second-order valence-corrected chi connectivity index (χ2v) is 3.30. The van der Waals surface area contributed by atoms with E-state index in [-0.39, 0.29) is 0 Å². The quantitative estimate of drug-likeness (QED) is 0.401. The lowest BCUT2D eigenvalue weighted by atomic mass is 10.2. The van der Waals surface area contributed by atoms with Crippen LogP contribution in [0.1, 0.15) is 38.5 Å². The van der Waals surface area contributed by atoms with E-state index >= 15 is 0 Å². The van der Waals surface area contributed by atoms with Gasteiger partial charge >= 0.3 is 0 Å². The van der Waals surface area contributed by atoms with E-state index in [1.165, 1.54) is 19.3 Å². The van der Waals surface area contributed by atoms with Gasteiger partial charge in [0, 0.05) is 19.1 Å². The predicted octanol–water partition coefficient (Wildman–Crippen LogP) is 3.42. The molecule has 0 bridgehead atoms. The van der Waals surface area contributed by atoms with Crippen molar-refractivity contribution >= 4 is 11.6 Å². The number of ether oxygens (including phenoxy) is 1. The van der Waals surface area contributed by atoms with Crippen molar-refractivity contribution in [3.05, 3.63) is 6.92 Å². The Morgan fingerprint density at radius 2 is 1.58 bits per heavy atom. The number of rotatable bonds is 9. The Morgan fingerprint density at radius 3 is 2.17 bits per heavy atom. The maximum absolute atomic E-state index is 5.52. The standard InChI is InChI=1S/C10H20ClO/c1-2-3-4-6-9-12-10-7-5-8-11/h1-10H2. The van der Waals surface area contributed by atoms with Gasteiger partial charge in [0.15, 0.2) is 0 Å². The van der Waals surface area contributed by atoms with Gasteiger partial charge in [-0.2, -0.15) is 0 Å². The summed E-state index contributed by atoms with van der Waals surface area (Å²) in [6.07, 6.45) is 6.87. The lowest BCUT2D eigenvalue weighted by molar-refractivity contribution is 0.127. The van der Waals surface area contributed by atoms with Crippen LogP contribution in [0.3, 0.4) is 0 Å². The first-order valence-corrected chi connectivity index (χ1v) is 5.38. The van der Waals surface area contributed by atoms with Gasteiger partial charge in [-0.05, 0) is 19.3 Å². The molecule has 0 unspecified atom stereocenters. The highest BCUT2D eigenvalue weighted by molar-refractivity contribution is 6.17. The smallest absolute Gasteiger partial charge is 0.0466 e. The lowest BCUT2D eigenvalue weighted by Crippen LogP contribution is -1.97. The SMILES string of the molecule is [CH2]CCCCCOCCCCCl. The minimum atomic E-state index is 0.755. The fourth-order valence-electron chi connectivity index (χ4n) is 0.958. The Morgan fingerprint density at radius 1 is 0.917 bits per heavy atom. The summed E-state index contributed by atoms with van der Waals surface area (Å²) in [6.45, 7) is 5.57. The summed E-state index contributed by atoms with van der Waals surface area (Å²) >= 11 is 5.52. The van der Waals surface area contributed by atoms with Crippen molar-refractivity contribution in [1.82, 2.24) is 0 Å². The lowest BCUT2D eigenvalue weighted by Gasteiger charge is -2.02. The fourth-order valence-corrected chi connectivity index (χ4v) is 1.15. The van der Waals surface area contributed by atoms with Crippen LogP contribution < -0.4 is 0 Å². The first kappa shape index (κ1) is 12.2. The van der Waals surface area contributed by atoms with Crippen LogP contribution in [0.2, 0.25) is 0 Å². The highest BCUT2D eigenvalue weighted by Crippen LogP contribution is 1.99. The molecule has 0 aliphatic carbocycles. The molecule has 73 valence electrons. The predicted molar refractivity (Wildman–Crippen MR) is 54.6 cm³/mol. The molecule has 1 nitrogen and oxygen atoms in total. The molecule has 0 amide bonds. The van der Waals surface area contributed by atoms with E-state index in [1.54, 1.807) is 0 Å².